The second-order valence-electron chi connectivity index (χ2n) is 11.5. The summed E-state index contributed by atoms with van der Waals surface area (Å²) in [4.78, 5) is 2.00. The van der Waals surface area contributed by atoms with Crippen molar-refractivity contribution in [2.75, 3.05) is 4.90 Å². The molecule has 0 heterocycles. The fourth-order valence-corrected chi connectivity index (χ4v) is 6.99. The molecule has 0 N–H and O–H groups in total. The van der Waals surface area contributed by atoms with Gasteiger partial charge in [0.1, 0.15) is 5.82 Å². The molecule has 0 amide bonds. The highest BCUT2D eigenvalue weighted by molar-refractivity contribution is 6.19. The van der Waals surface area contributed by atoms with Crippen LogP contribution >= 0.6 is 0 Å². The highest BCUT2D eigenvalue weighted by Gasteiger charge is 2.38. The summed E-state index contributed by atoms with van der Waals surface area (Å²) in [6.45, 7) is 4.70. The van der Waals surface area contributed by atoms with Gasteiger partial charge in [-0.3, -0.25) is 0 Å². The average molecular weight is 530 g/mol. The van der Waals surface area contributed by atoms with E-state index in [4.69, 9.17) is 0 Å². The highest BCUT2D eigenvalue weighted by Crippen LogP contribution is 2.55. The molecule has 0 unspecified atom stereocenters. The first-order chi connectivity index (χ1) is 20.0. The lowest BCUT2D eigenvalue weighted by molar-refractivity contribution is 0.629. The van der Waals surface area contributed by atoms with Crippen LogP contribution in [0.3, 0.4) is 0 Å². The number of para-hydroxylation sites is 2. The zero-order chi connectivity index (χ0) is 27.7. The van der Waals surface area contributed by atoms with E-state index in [1.165, 1.54) is 55.3 Å². The number of hydrogen-bond acceptors (Lipinski definition) is 1. The Morgan fingerprint density at radius 2 is 1.17 bits per heavy atom. The number of fused-ring (bicyclic) bond motifs is 9. The van der Waals surface area contributed by atoms with Crippen LogP contribution in [-0.2, 0) is 5.41 Å². The number of benzene rings is 7. The van der Waals surface area contributed by atoms with Gasteiger partial charge in [0.25, 0.3) is 0 Å². The maximum atomic E-state index is 15.2. The Hall–Kier alpha value is -4.95. The summed E-state index contributed by atoms with van der Waals surface area (Å²) in [7, 11) is 0. The van der Waals surface area contributed by atoms with Gasteiger partial charge >= 0.3 is 0 Å². The molecule has 1 aliphatic carbocycles. The van der Waals surface area contributed by atoms with Crippen LogP contribution in [0.2, 0.25) is 0 Å². The molecule has 0 fully saturated rings. The molecule has 0 radical (unpaired) electrons. The molecule has 2 heteroatoms. The van der Waals surface area contributed by atoms with Crippen molar-refractivity contribution in [1.29, 1.82) is 0 Å². The summed E-state index contributed by atoms with van der Waals surface area (Å²) >= 11 is 0. The predicted octanol–water partition coefficient (Wildman–Crippen LogP) is 11.1. The van der Waals surface area contributed by atoms with E-state index >= 15 is 4.39 Å². The van der Waals surface area contributed by atoms with Crippen molar-refractivity contribution < 1.29 is 4.39 Å². The summed E-state index contributed by atoms with van der Waals surface area (Å²) in [6, 6.07) is 45.8. The third-order valence-corrected chi connectivity index (χ3v) is 8.83. The van der Waals surface area contributed by atoms with Crippen LogP contribution in [0.5, 0.6) is 0 Å². The van der Waals surface area contributed by atoms with E-state index in [1.54, 1.807) is 6.07 Å². The molecule has 196 valence electrons. The number of rotatable bonds is 3. The monoisotopic (exact) mass is 529 g/mol. The third-order valence-electron chi connectivity index (χ3n) is 8.83. The lowest BCUT2D eigenvalue weighted by Crippen LogP contribution is -2.15. The molecule has 0 aliphatic heterocycles. The average Bonchev–Trinajstić information content (AvgIpc) is 3.24. The van der Waals surface area contributed by atoms with Crippen molar-refractivity contribution in [3.05, 3.63) is 150 Å². The fraction of sp³-hybridized carbons (Fsp3) is 0.0769. The Morgan fingerprint density at radius 3 is 1.93 bits per heavy atom. The normalized spacial score (nSPS) is 13.4. The van der Waals surface area contributed by atoms with Crippen LogP contribution in [0.25, 0.3) is 43.4 Å². The van der Waals surface area contributed by atoms with Gasteiger partial charge in [-0.1, -0.05) is 98.8 Å². The van der Waals surface area contributed by atoms with E-state index in [1.807, 2.05) is 47.4 Å². The third kappa shape index (κ3) is 3.47. The zero-order valence-corrected chi connectivity index (χ0v) is 23.0. The van der Waals surface area contributed by atoms with Gasteiger partial charge in [-0.15, -0.1) is 0 Å². The molecule has 0 saturated carbocycles. The summed E-state index contributed by atoms with van der Waals surface area (Å²) in [5.74, 6) is -0.249. The number of nitrogens with zero attached hydrogens (tertiary/aromatic N) is 1. The van der Waals surface area contributed by atoms with E-state index in [0.717, 1.165) is 16.8 Å². The second kappa shape index (κ2) is 8.78. The Morgan fingerprint density at radius 1 is 0.537 bits per heavy atom. The number of anilines is 3. The Bertz CT molecular complexity index is 2140. The van der Waals surface area contributed by atoms with Crippen molar-refractivity contribution in [2.24, 2.45) is 0 Å². The Labute approximate surface area is 239 Å². The van der Waals surface area contributed by atoms with Gasteiger partial charge in [-0.25, -0.2) is 4.39 Å². The molecule has 41 heavy (non-hydrogen) atoms. The van der Waals surface area contributed by atoms with Gasteiger partial charge in [0.05, 0.1) is 5.69 Å². The highest BCUT2D eigenvalue weighted by atomic mass is 19.1. The maximum absolute atomic E-state index is 15.2. The lowest BCUT2D eigenvalue weighted by Gasteiger charge is -2.26. The summed E-state index contributed by atoms with van der Waals surface area (Å²) in [5, 5.41) is 7.55. The molecule has 1 aliphatic rings. The van der Waals surface area contributed by atoms with Crippen LogP contribution in [0.4, 0.5) is 21.5 Å². The lowest BCUT2D eigenvalue weighted by atomic mass is 9.79. The fourth-order valence-electron chi connectivity index (χ4n) is 6.99. The first-order valence-corrected chi connectivity index (χ1v) is 14.1. The van der Waals surface area contributed by atoms with Crippen LogP contribution in [0.15, 0.2) is 133 Å². The first-order valence-electron chi connectivity index (χ1n) is 14.1. The number of halogens is 1. The minimum Gasteiger partial charge on any atom is -0.308 e. The van der Waals surface area contributed by atoms with E-state index in [2.05, 4.69) is 92.7 Å². The predicted molar refractivity (Wildman–Crippen MR) is 171 cm³/mol. The smallest absolute Gasteiger partial charge is 0.147 e. The van der Waals surface area contributed by atoms with Crippen LogP contribution < -0.4 is 4.90 Å². The van der Waals surface area contributed by atoms with Gasteiger partial charge in [0.2, 0.25) is 0 Å². The van der Waals surface area contributed by atoms with Crippen molar-refractivity contribution in [1.82, 2.24) is 0 Å². The summed E-state index contributed by atoms with van der Waals surface area (Å²) in [5.41, 5.74) is 7.59. The topological polar surface area (TPSA) is 3.24 Å². The largest absolute Gasteiger partial charge is 0.308 e. The minimum atomic E-state index is -0.249. The van der Waals surface area contributed by atoms with Gasteiger partial charge in [0, 0.05) is 16.8 Å². The standard InChI is InChI=1S/C39H28FN/c1-39(2)34-24-26-22-28(41(27-12-4-3-5-13-27)36-19-11-10-18-35(36)40)21-20-25(26)23-33(34)37-31-16-8-6-14-29(31)30-15-7-9-17-32(30)38(37)39/h3-24H,1-2H3. The Kier molecular flexibility index (Phi) is 5.11. The zero-order valence-electron chi connectivity index (χ0n) is 23.0. The molecule has 8 rings (SSSR count). The summed E-state index contributed by atoms with van der Waals surface area (Å²) < 4.78 is 15.2. The van der Waals surface area contributed by atoms with Crippen LogP contribution in [-0.4, -0.2) is 0 Å². The van der Waals surface area contributed by atoms with Crippen molar-refractivity contribution in [3.63, 3.8) is 0 Å². The first kappa shape index (κ1) is 23.9. The quantitative estimate of drug-likeness (QED) is 0.206. The van der Waals surface area contributed by atoms with Gasteiger partial charge < -0.3 is 4.90 Å². The Balaban J connectivity index is 1.38. The minimum absolute atomic E-state index is 0.177. The van der Waals surface area contributed by atoms with E-state index < -0.39 is 0 Å². The second-order valence-corrected chi connectivity index (χ2v) is 11.5. The van der Waals surface area contributed by atoms with Gasteiger partial charge in [-0.05, 0) is 103 Å². The van der Waals surface area contributed by atoms with E-state index in [-0.39, 0.29) is 11.2 Å². The van der Waals surface area contributed by atoms with Crippen LogP contribution in [0, 0.1) is 5.82 Å². The molecule has 1 nitrogen and oxygen atoms in total. The van der Waals surface area contributed by atoms with Crippen LogP contribution in [0.1, 0.15) is 25.0 Å². The SMILES string of the molecule is CC1(C)c2cc3cc(N(c4ccccc4)c4ccccc4F)ccc3cc2-c2c1c1ccccc1c1ccccc21. The molecular formula is C39H28FN. The van der Waals surface area contributed by atoms with Crippen molar-refractivity contribution in [3.8, 4) is 11.1 Å². The molecule has 0 saturated heterocycles. The van der Waals surface area contributed by atoms with Crippen molar-refractivity contribution in [2.45, 2.75) is 19.3 Å². The van der Waals surface area contributed by atoms with Gasteiger partial charge in [-0.2, -0.15) is 0 Å². The van der Waals surface area contributed by atoms with Gasteiger partial charge in [0.15, 0.2) is 0 Å². The molecule has 7 aromatic carbocycles. The maximum Gasteiger partial charge on any atom is 0.147 e. The molecule has 0 spiro atoms. The number of hydrogen-bond donors (Lipinski definition) is 0. The molecule has 0 bridgehead atoms. The molecule has 0 atom stereocenters. The molecule has 7 aromatic rings. The van der Waals surface area contributed by atoms with E-state index in [9.17, 15) is 0 Å². The molecule has 0 aromatic heterocycles. The van der Waals surface area contributed by atoms with E-state index in [0.29, 0.717) is 5.69 Å². The van der Waals surface area contributed by atoms with Crippen molar-refractivity contribution >= 4 is 49.4 Å². The molecular weight excluding hydrogens is 501 g/mol. The summed E-state index contributed by atoms with van der Waals surface area (Å²) in [6.07, 6.45) is 0.